The van der Waals surface area contributed by atoms with Gasteiger partial charge in [0.2, 0.25) is 0 Å². The van der Waals surface area contributed by atoms with Crippen molar-refractivity contribution in [2.75, 3.05) is 5.32 Å². The summed E-state index contributed by atoms with van der Waals surface area (Å²) in [5.74, 6) is -0.148. The molecule has 0 saturated heterocycles. The molecule has 0 unspecified atom stereocenters. The van der Waals surface area contributed by atoms with E-state index in [-0.39, 0.29) is 5.91 Å². The molecule has 1 amide bonds. The highest BCUT2D eigenvalue weighted by Crippen LogP contribution is 2.30. The van der Waals surface area contributed by atoms with E-state index in [0.717, 1.165) is 32.0 Å². The van der Waals surface area contributed by atoms with Gasteiger partial charge in [0.05, 0.1) is 5.69 Å². The van der Waals surface area contributed by atoms with Crippen molar-refractivity contribution in [1.82, 2.24) is 4.98 Å². The summed E-state index contributed by atoms with van der Waals surface area (Å²) < 4.78 is 0.936. The maximum Gasteiger partial charge on any atom is 0.255 e. The molecule has 138 valence electrons. The van der Waals surface area contributed by atoms with E-state index in [4.69, 9.17) is 16.6 Å². The molecule has 0 spiro atoms. The Morgan fingerprint density at radius 1 is 0.964 bits per heavy atom. The molecule has 4 aromatic rings. The minimum absolute atomic E-state index is 0.148. The lowest BCUT2D eigenvalue weighted by atomic mass is 10.1. The Hall–Kier alpha value is -2.47. The van der Waals surface area contributed by atoms with Crippen LogP contribution >= 0.6 is 38.9 Å². The molecule has 3 aromatic carbocycles. The standard InChI is InChI=1S/C22H14BrClN2OS/c23-17-8-4-14(5-9-17)21(27)25-19-3-1-2-16(12-19)20-13-28-22(26-20)15-6-10-18(24)11-7-15/h1-13H,(H,25,27). The zero-order chi connectivity index (χ0) is 19.5. The predicted octanol–water partition coefficient (Wildman–Crippen LogP) is 7.15. The number of halogens is 2. The zero-order valence-electron chi connectivity index (χ0n) is 14.5. The number of carbonyl (C=O) groups excluding carboxylic acids is 1. The van der Waals surface area contributed by atoms with Crippen molar-refractivity contribution < 1.29 is 4.79 Å². The molecule has 1 N–H and O–H groups in total. The molecule has 3 nitrogen and oxygen atoms in total. The van der Waals surface area contributed by atoms with Crippen LogP contribution in [0, 0.1) is 0 Å². The topological polar surface area (TPSA) is 42.0 Å². The van der Waals surface area contributed by atoms with Gasteiger partial charge in [0.15, 0.2) is 0 Å². The third-order valence-corrected chi connectivity index (χ3v) is 5.79. The van der Waals surface area contributed by atoms with Crippen LogP contribution in [0.1, 0.15) is 10.4 Å². The van der Waals surface area contributed by atoms with E-state index in [2.05, 4.69) is 21.2 Å². The fraction of sp³-hybridized carbons (Fsp3) is 0. The van der Waals surface area contributed by atoms with Crippen molar-refractivity contribution in [2.45, 2.75) is 0 Å². The Morgan fingerprint density at radius 3 is 2.46 bits per heavy atom. The third-order valence-electron chi connectivity index (χ3n) is 4.12. The van der Waals surface area contributed by atoms with E-state index in [1.54, 1.807) is 23.5 Å². The van der Waals surface area contributed by atoms with E-state index >= 15 is 0 Å². The Balaban J connectivity index is 1.55. The summed E-state index contributed by atoms with van der Waals surface area (Å²) in [5, 5.41) is 6.58. The lowest BCUT2D eigenvalue weighted by Crippen LogP contribution is -2.11. The summed E-state index contributed by atoms with van der Waals surface area (Å²) in [4.78, 5) is 17.2. The van der Waals surface area contributed by atoms with Crippen molar-refractivity contribution in [2.24, 2.45) is 0 Å². The fourth-order valence-corrected chi connectivity index (χ4v) is 3.92. The highest BCUT2D eigenvalue weighted by Gasteiger charge is 2.10. The summed E-state index contributed by atoms with van der Waals surface area (Å²) >= 11 is 10.9. The molecule has 0 bridgehead atoms. The second-order valence-corrected chi connectivity index (χ2v) is 8.30. The van der Waals surface area contributed by atoms with Gasteiger partial charge in [-0.05, 0) is 48.5 Å². The first-order valence-electron chi connectivity index (χ1n) is 8.47. The molecule has 0 aliphatic rings. The predicted molar refractivity (Wildman–Crippen MR) is 120 cm³/mol. The number of rotatable bonds is 4. The molecule has 6 heteroatoms. The van der Waals surface area contributed by atoms with Crippen LogP contribution in [0.2, 0.25) is 5.02 Å². The van der Waals surface area contributed by atoms with E-state index in [0.29, 0.717) is 10.6 Å². The quantitative estimate of drug-likeness (QED) is 0.345. The molecule has 0 aliphatic heterocycles. The Labute approximate surface area is 180 Å². The average molecular weight is 470 g/mol. The van der Waals surface area contributed by atoms with Crippen molar-refractivity contribution in [3.05, 3.63) is 93.2 Å². The number of carbonyl (C=O) groups is 1. The van der Waals surface area contributed by atoms with Gasteiger partial charge in [-0.2, -0.15) is 0 Å². The summed E-state index contributed by atoms with van der Waals surface area (Å²) in [6.45, 7) is 0. The SMILES string of the molecule is O=C(Nc1cccc(-c2csc(-c3ccc(Cl)cc3)n2)c1)c1ccc(Br)cc1. The number of hydrogen-bond donors (Lipinski definition) is 1. The minimum Gasteiger partial charge on any atom is -0.322 e. The third kappa shape index (κ3) is 4.33. The Kier molecular flexibility index (Phi) is 5.57. The van der Waals surface area contributed by atoms with E-state index < -0.39 is 0 Å². The van der Waals surface area contributed by atoms with Crippen molar-refractivity contribution in [3.63, 3.8) is 0 Å². The summed E-state index contributed by atoms with van der Waals surface area (Å²) in [7, 11) is 0. The summed E-state index contributed by atoms with van der Waals surface area (Å²) in [5.41, 5.74) is 4.18. The number of nitrogens with zero attached hydrogens (tertiary/aromatic N) is 1. The first kappa shape index (κ1) is 18.9. The molecule has 0 aliphatic carbocycles. The monoisotopic (exact) mass is 468 g/mol. The van der Waals surface area contributed by atoms with Gasteiger partial charge in [-0.1, -0.05) is 51.8 Å². The van der Waals surface area contributed by atoms with Gasteiger partial charge < -0.3 is 5.32 Å². The van der Waals surface area contributed by atoms with Crippen LogP contribution in [0.15, 0.2) is 82.6 Å². The minimum atomic E-state index is -0.148. The molecule has 1 heterocycles. The second kappa shape index (κ2) is 8.27. The zero-order valence-corrected chi connectivity index (χ0v) is 17.7. The lowest BCUT2D eigenvalue weighted by Gasteiger charge is -2.07. The van der Waals surface area contributed by atoms with Crippen LogP contribution in [-0.2, 0) is 0 Å². The smallest absolute Gasteiger partial charge is 0.255 e. The molecule has 0 atom stereocenters. The van der Waals surface area contributed by atoms with Gasteiger partial charge in [0.1, 0.15) is 5.01 Å². The summed E-state index contributed by atoms with van der Waals surface area (Å²) in [6, 6.07) is 22.6. The van der Waals surface area contributed by atoms with Gasteiger partial charge >= 0.3 is 0 Å². The number of nitrogens with one attached hydrogen (secondary N) is 1. The molecule has 0 radical (unpaired) electrons. The molecule has 0 saturated carbocycles. The molecular weight excluding hydrogens is 456 g/mol. The first-order valence-corrected chi connectivity index (χ1v) is 10.5. The number of thiazole rings is 1. The molecule has 0 fully saturated rings. The van der Waals surface area contributed by atoms with Crippen molar-refractivity contribution in [1.29, 1.82) is 0 Å². The largest absolute Gasteiger partial charge is 0.322 e. The first-order chi connectivity index (χ1) is 13.6. The Morgan fingerprint density at radius 2 is 1.71 bits per heavy atom. The maximum atomic E-state index is 12.4. The van der Waals surface area contributed by atoms with Gasteiger partial charge in [0.25, 0.3) is 5.91 Å². The summed E-state index contributed by atoms with van der Waals surface area (Å²) in [6.07, 6.45) is 0. The van der Waals surface area contributed by atoms with E-state index in [9.17, 15) is 4.79 Å². The average Bonchev–Trinajstić information content (AvgIpc) is 3.19. The molecular formula is C22H14BrClN2OS. The normalized spacial score (nSPS) is 10.6. The van der Waals surface area contributed by atoms with E-state index in [1.807, 2.05) is 66.0 Å². The molecule has 4 rings (SSSR count). The van der Waals surface area contributed by atoms with Crippen LogP contribution in [-0.4, -0.2) is 10.9 Å². The highest BCUT2D eigenvalue weighted by atomic mass is 79.9. The van der Waals surface area contributed by atoms with Crippen LogP contribution in [0.5, 0.6) is 0 Å². The number of hydrogen-bond acceptors (Lipinski definition) is 3. The Bertz CT molecular complexity index is 1120. The van der Waals surface area contributed by atoms with E-state index in [1.165, 1.54) is 0 Å². The number of amides is 1. The van der Waals surface area contributed by atoms with Gasteiger partial charge in [-0.3, -0.25) is 4.79 Å². The van der Waals surface area contributed by atoms with Crippen molar-refractivity contribution in [3.8, 4) is 21.8 Å². The number of aromatic nitrogens is 1. The maximum absolute atomic E-state index is 12.4. The highest BCUT2D eigenvalue weighted by molar-refractivity contribution is 9.10. The van der Waals surface area contributed by atoms with Crippen LogP contribution in [0.3, 0.4) is 0 Å². The number of anilines is 1. The van der Waals surface area contributed by atoms with Gasteiger partial charge in [-0.15, -0.1) is 11.3 Å². The second-order valence-electron chi connectivity index (χ2n) is 6.09. The molecule has 28 heavy (non-hydrogen) atoms. The van der Waals surface area contributed by atoms with Crippen LogP contribution in [0.4, 0.5) is 5.69 Å². The fourth-order valence-electron chi connectivity index (χ4n) is 2.69. The van der Waals surface area contributed by atoms with Crippen LogP contribution in [0.25, 0.3) is 21.8 Å². The van der Waals surface area contributed by atoms with Crippen molar-refractivity contribution >= 4 is 50.5 Å². The van der Waals surface area contributed by atoms with Gasteiger partial charge in [-0.25, -0.2) is 4.98 Å². The van der Waals surface area contributed by atoms with Crippen LogP contribution < -0.4 is 5.32 Å². The number of benzene rings is 3. The lowest BCUT2D eigenvalue weighted by molar-refractivity contribution is 0.102. The van der Waals surface area contributed by atoms with Gasteiger partial charge in [0, 0.05) is 37.3 Å². The molecule has 1 aromatic heterocycles.